The first-order valence-corrected chi connectivity index (χ1v) is 10.1. The Bertz CT molecular complexity index is 1020. The van der Waals surface area contributed by atoms with Gasteiger partial charge in [0.05, 0.1) is 5.69 Å². The number of likely N-dealkylation sites (tertiary alicyclic amines) is 1. The van der Waals surface area contributed by atoms with Gasteiger partial charge in [0, 0.05) is 50.4 Å². The van der Waals surface area contributed by atoms with Gasteiger partial charge in [-0.25, -0.2) is 15.0 Å². The zero-order chi connectivity index (χ0) is 20.8. The Morgan fingerprint density at radius 3 is 2.93 bits per heavy atom. The van der Waals surface area contributed by atoms with Crippen LogP contribution in [-0.2, 0) is 18.3 Å². The van der Waals surface area contributed by atoms with E-state index in [1.165, 1.54) is 0 Å². The highest BCUT2D eigenvalue weighted by Crippen LogP contribution is 2.22. The second-order valence-electron chi connectivity index (χ2n) is 7.44. The van der Waals surface area contributed by atoms with Crippen molar-refractivity contribution in [2.75, 3.05) is 18.4 Å². The molecule has 1 amide bonds. The van der Waals surface area contributed by atoms with Crippen LogP contribution in [0.1, 0.15) is 24.2 Å². The minimum absolute atomic E-state index is 0.0427. The Morgan fingerprint density at radius 2 is 2.13 bits per heavy atom. The summed E-state index contributed by atoms with van der Waals surface area (Å²) >= 11 is 0. The number of hydrogen-bond acceptors (Lipinski definition) is 6. The highest BCUT2D eigenvalue weighted by Gasteiger charge is 2.23. The number of nitrogens with one attached hydrogen (secondary N) is 1. The lowest BCUT2D eigenvalue weighted by molar-refractivity contribution is -0.127. The van der Waals surface area contributed by atoms with Crippen LogP contribution in [0.5, 0.6) is 0 Å². The third-order valence-corrected chi connectivity index (χ3v) is 5.23. The summed E-state index contributed by atoms with van der Waals surface area (Å²) in [6, 6.07) is 9.53. The predicted octanol–water partition coefficient (Wildman–Crippen LogP) is 2.84. The number of pyridine rings is 1. The van der Waals surface area contributed by atoms with E-state index in [1.807, 2.05) is 48.4 Å². The second kappa shape index (κ2) is 9.30. The lowest BCUT2D eigenvalue weighted by Gasteiger charge is -2.32. The summed E-state index contributed by atoms with van der Waals surface area (Å²) in [6.45, 7) is 1.53. The maximum absolute atomic E-state index is 12.6. The number of anilines is 2. The standard InChI is InChI=1S/C22H25N7O/c1-28-19(9-11-26-28)7-8-22(30)29-12-4-5-17(15-29)13-18-14-21(25-16-24-18)27-20-6-2-3-10-23-20/h2-3,6-11,14,16-17H,4-5,12-13,15H2,1H3,(H,23,24,25,27). The second-order valence-corrected chi connectivity index (χ2v) is 7.44. The topological polar surface area (TPSA) is 88.8 Å². The van der Waals surface area contributed by atoms with Crippen molar-refractivity contribution >= 4 is 23.6 Å². The lowest BCUT2D eigenvalue weighted by atomic mass is 9.93. The molecule has 0 aliphatic carbocycles. The number of aromatic nitrogens is 5. The largest absolute Gasteiger partial charge is 0.339 e. The van der Waals surface area contributed by atoms with E-state index in [9.17, 15) is 4.79 Å². The Morgan fingerprint density at radius 1 is 1.20 bits per heavy atom. The molecule has 1 atom stereocenters. The quantitative estimate of drug-likeness (QED) is 0.637. The van der Waals surface area contributed by atoms with Crippen LogP contribution in [0.4, 0.5) is 11.6 Å². The van der Waals surface area contributed by atoms with Gasteiger partial charge >= 0.3 is 0 Å². The minimum Gasteiger partial charge on any atom is -0.339 e. The van der Waals surface area contributed by atoms with Gasteiger partial charge in [-0.3, -0.25) is 9.48 Å². The first-order valence-electron chi connectivity index (χ1n) is 10.1. The van der Waals surface area contributed by atoms with E-state index >= 15 is 0 Å². The van der Waals surface area contributed by atoms with Crippen LogP contribution in [0.15, 0.2) is 55.1 Å². The Hall–Kier alpha value is -3.55. The van der Waals surface area contributed by atoms with E-state index in [2.05, 4.69) is 25.4 Å². The summed E-state index contributed by atoms with van der Waals surface area (Å²) < 4.78 is 1.74. The van der Waals surface area contributed by atoms with Gasteiger partial charge in [-0.05, 0) is 49.5 Å². The maximum atomic E-state index is 12.6. The smallest absolute Gasteiger partial charge is 0.246 e. The summed E-state index contributed by atoms with van der Waals surface area (Å²) in [6.07, 6.45) is 11.4. The normalized spacial score (nSPS) is 16.7. The Kier molecular flexibility index (Phi) is 6.12. The molecule has 1 aliphatic rings. The summed E-state index contributed by atoms with van der Waals surface area (Å²) in [7, 11) is 1.86. The molecule has 0 aromatic carbocycles. The van der Waals surface area contributed by atoms with Crippen LogP contribution in [-0.4, -0.2) is 48.6 Å². The fourth-order valence-corrected chi connectivity index (χ4v) is 3.68. The summed E-state index contributed by atoms with van der Waals surface area (Å²) in [5.74, 6) is 1.89. The molecule has 4 heterocycles. The first kappa shape index (κ1) is 19.8. The molecule has 1 saturated heterocycles. The molecule has 154 valence electrons. The van der Waals surface area contributed by atoms with Gasteiger partial charge in [-0.2, -0.15) is 5.10 Å². The zero-order valence-corrected chi connectivity index (χ0v) is 17.0. The molecule has 8 heteroatoms. The zero-order valence-electron chi connectivity index (χ0n) is 17.0. The Labute approximate surface area is 175 Å². The van der Waals surface area contributed by atoms with Crippen molar-refractivity contribution < 1.29 is 4.79 Å². The highest BCUT2D eigenvalue weighted by molar-refractivity contribution is 5.91. The van der Waals surface area contributed by atoms with E-state index in [-0.39, 0.29) is 5.91 Å². The number of aryl methyl sites for hydroxylation is 1. The van der Waals surface area contributed by atoms with Gasteiger partial charge in [0.25, 0.3) is 0 Å². The molecule has 3 aromatic rings. The molecule has 0 radical (unpaired) electrons. The van der Waals surface area contributed by atoms with Crippen molar-refractivity contribution in [1.29, 1.82) is 0 Å². The molecular weight excluding hydrogens is 378 g/mol. The molecule has 0 bridgehead atoms. The van der Waals surface area contributed by atoms with Crippen molar-refractivity contribution in [1.82, 2.24) is 29.6 Å². The molecule has 4 rings (SSSR count). The van der Waals surface area contributed by atoms with E-state index in [0.717, 1.165) is 55.4 Å². The van der Waals surface area contributed by atoms with Crippen LogP contribution in [0, 0.1) is 5.92 Å². The molecule has 0 saturated carbocycles. The maximum Gasteiger partial charge on any atom is 0.246 e. The molecule has 1 unspecified atom stereocenters. The SMILES string of the molecule is Cn1nccc1C=CC(=O)N1CCCC(Cc2cc(Nc3ccccn3)ncn2)C1. The summed E-state index contributed by atoms with van der Waals surface area (Å²) in [5.41, 5.74) is 1.87. The summed E-state index contributed by atoms with van der Waals surface area (Å²) in [4.78, 5) is 27.5. The lowest BCUT2D eigenvalue weighted by Crippen LogP contribution is -2.39. The number of nitrogens with zero attached hydrogens (tertiary/aromatic N) is 6. The molecule has 1 aliphatic heterocycles. The first-order chi connectivity index (χ1) is 14.7. The monoisotopic (exact) mass is 403 g/mol. The van der Waals surface area contributed by atoms with Crippen LogP contribution >= 0.6 is 0 Å². The molecule has 1 N–H and O–H groups in total. The van der Waals surface area contributed by atoms with Gasteiger partial charge < -0.3 is 10.2 Å². The van der Waals surface area contributed by atoms with Crippen molar-refractivity contribution in [2.45, 2.75) is 19.3 Å². The number of piperidine rings is 1. The van der Waals surface area contributed by atoms with E-state index < -0.39 is 0 Å². The molecule has 1 fully saturated rings. The molecular formula is C22H25N7O. The van der Waals surface area contributed by atoms with E-state index in [0.29, 0.717) is 5.92 Å². The van der Waals surface area contributed by atoms with Gasteiger partial charge in [0.15, 0.2) is 0 Å². The number of rotatable bonds is 6. The number of hydrogen-bond donors (Lipinski definition) is 1. The molecule has 8 nitrogen and oxygen atoms in total. The molecule has 30 heavy (non-hydrogen) atoms. The summed E-state index contributed by atoms with van der Waals surface area (Å²) in [5, 5.41) is 7.32. The van der Waals surface area contributed by atoms with Crippen molar-refractivity contribution in [3.8, 4) is 0 Å². The molecule has 0 spiro atoms. The van der Waals surface area contributed by atoms with Crippen molar-refractivity contribution in [3.63, 3.8) is 0 Å². The van der Waals surface area contributed by atoms with Gasteiger partial charge in [-0.15, -0.1) is 0 Å². The predicted molar refractivity (Wildman–Crippen MR) is 115 cm³/mol. The van der Waals surface area contributed by atoms with Crippen LogP contribution in [0.3, 0.4) is 0 Å². The average molecular weight is 403 g/mol. The number of amides is 1. The van der Waals surface area contributed by atoms with Crippen LogP contribution in [0.2, 0.25) is 0 Å². The van der Waals surface area contributed by atoms with Crippen LogP contribution in [0.25, 0.3) is 6.08 Å². The van der Waals surface area contributed by atoms with Gasteiger partial charge in [-0.1, -0.05) is 6.07 Å². The van der Waals surface area contributed by atoms with Gasteiger partial charge in [0.1, 0.15) is 18.0 Å². The average Bonchev–Trinajstić information content (AvgIpc) is 3.18. The minimum atomic E-state index is 0.0427. The van der Waals surface area contributed by atoms with Crippen molar-refractivity contribution in [2.24, 2.45) is 13.0 Å². The van der Waals surface area contributed by atoms with E-state index in [1.54, 1.807) is 29.5 Å². The third-order valence-electron chi connectivity index (χ3n) is 5.23. The van der Waals surface area contributed by atoms with Crippen molar-refractivity contribution in [3.05, 3.63) is 66.5 Å². The molecule has 3 aromatic heterocycles. The number of carbonyl (C=O) groups is 1. The number of carbonyl (C=O) groups excluding carboxylic acids is 1. The fourth-order valence-electron chi connectivity index (χ4n) is 3.68. The highest BCUT2D eigenvalue weighted by atomic mass is 16.2. The Balaban J connectivity index is 1.36. The van der Waals surface area contributed by atoms with Crippen LogP contribution < -0.4 is 5.32 Å². The fraction of sp³-hybridized carbons (Fsp3) is 0.318. The van der Waals surface area contributed by atoms with E-state index in [4.69, 9.17) is 0 Å². The van der Waals surface area contributed by atoms with Gasteiger partial charge in [0.2, 0.25) is 5.91 Å². The third kappa shape index (κ3) is 5.08.